The van der Waals surface area contributed by atoms with Crippen molar-refractivity contribution in [2.24, 2.45) is 5.11 Å². The highest BCUT2D eigenvalue weighted by Gasteiger charge is 2.00. The molecular weight excluding hydrogens is 202 g/mol. The molecule has 0 amide bonds. The van der Waals surface area contributed by atoms with Gasteiger partial charge in [0.05, 0.1) is 12.1 Å². The van der Waals surface area contributed by atoms with Crippen LogP contribution in [0.1, 0.15) is 5.56 Å². The summed E-state index contributed by atoms with van der Waals surface area (Å²) in [6.07, 6.45) is 0.692. The Labute approximate surface area is 87.1 Å². The van der Waals surface area contributed by atoms with Crippen molar-refractivity contribution in [3.63, 3.8) is 0 Å². The van der Waals surface area contributed by atoms with E-state index in [1.54, 1.807) is 13.2 Å². The van der Waals surface area contributed by atoms with Crippen LogP contribution in [-0.4, -0.2) is 13.7 Å². The minimum absolute atomic E-state index is 0.446. The molecule has 0 atom stereocenters. The van der Waals surface area contributed by atoms with Gasteiger partial charge in [0.25, 0.3) is 0 Å². The summed E-state index contributed by atoms with van der Waals surface area (Å²) in [6.45, 7) is 0.446. The van der Waals surface area contributed by atoms with E-state index in [2.05, 4.69) is 10.0 Å². The molecule has 0 unspecified atom stereocenters. The number of halogens is 1. The van der Waals surface area contributed by atoms with Crippen molar-refractivity contribution in [3.05, 3.63) is 39.2 Å². The third-order valence-electron chi connectivity index (χ3n) is 1.78. The molecule has 1 aromatic carbocycles. The maximum atomic E-state index is 8.10. The van der Waals surface area contributed by atoms with Gasteiger partial charge in [-0.05, 0) is 29.6 Å². The largest absolute Gasteiger partial charge is 0.495 e. The highest BCUT2D eigenvalue weighted by molar-refractivity contribution is 6.32. The summed E-state index contributed by atoms with van der Waals surface area (Å²) in [7, 11) is 1.57. The molecule has 5 heteroatoms. The number of nitrogens with zero attached hydrogens (tertiary/aromatic N) is 3. The van der Waals surface area contributed by atoms with Crippen LogP contribution in [0.4, 0.5) is 0 Å². The highest BCUT2D eigenvalue weighted by Crippen LogP contribution is 2.25. The average Bonchev–Trinajstić information content (AvgIpc) is 2.21. The summed E-state index contributed by atoms with van der Waals surface area (Å²) in [6, 6.07) is 5.50. The third kappa shape index (κ3) is 2.83. The van der Waals surface area contributed by atoms with Gasteiger partial charge >= 0.3 is 0 Å². The zero-order chi connectivity index (χ0) is 10.4. The fourth-order valence-corrected chi connectivity index (χ4v) is 1.28. The van der Waals surface area contributed by atoms with Gasteiger partial charge < -0.3 is 4.74 Å². The van der Waals surface area contributed by atoms with E-state index in [0.717, 1.165) is 5.56 Å². The minimum Gasteiger partial charge on any atom is -0.495 e. The number of rotatable bonds is 4. The van der Waals surface area contributed by atoms with Crippen molar-refractivity contribution in [2.75, 3.05) is 13.7 Å². The molecule has 0 aliphatic carbocycles. The Morgan fingerprint density at radius 3 is 3.00 bits per heavy atom. The number of methoxy groups -OCH3 is 1. The standard InChI is InChI=1S/C9H10ClN3O/c1-14-9-6-7(2-3-8(9)10)4-5-12-13-11/h2-3,6H,4-5H2,1H3. The van der Waals surface area contributed by atoms with Crippen molar-refractivity contribution in [2.45, 2.75) is 6.42 Å². The summed E-state index contributed by atoms with van der Waals surface area (Å²) >= 11 is 5.85. The van der Waals surface area contributed by atoms with E-state index in [-0.39, 0.29) is 0 Å². The average molecular weight is 212 g/mol. The molecule has 0 aromatic heterocycles. The Morgan fingerprint density at radius 2 is 2.36 bits per heavy atom. The molecule has 1 rings (SSSR count). The van der Waals surface area contributed by atoms with E-state index in [4.69, 9.17) is 21.9 Å². The molecule has 0 saturated carbocycles. The van der Waals surface area contributed by atoms with Crippen LogP contribution in [0.3, 0.4) is 0 Å². The van der Waals surface area contributed by atoms with Crippen LogP contribution < -0.4 is 4.74 Å². The lowest BCUT2D eigenvalue weighted by atomic mass is 10.1. The molecule has 0 bridgehead atoms. The molecule has 0 aliphatic heterocycles. The smallest absolute Gasteiger partial charge is 0.137 e. The number of azide groups is 1. The third-order valence-corrected chi connectivity index (χ3v) is 2.09. The van der Waals surface area contributed by atoms with Crippen molar-refractivity contribution >= 4 is 11.6 Å². The highest BCUT2D eigenvalue weighted by atomic mass is 35.5. The molecule has 0 N–H and O–H groups in total. The predicted octanol–water partition coefficient (Wildman–Crippen LogP) is 3.20. The van der Waals surface area contributed by atoms with Crippen LogP contribution in [0, 0.1) is 0 Å². The van der Waals surface area contributed by atoms with Gasteiger partial charge in [0.1, 0.15) is 5.75 Å². The van der Waals surface area contributed by atoms with Crippen molar-refractivity contribution < 1.29 is 4.74 Å². The van der Waals surface area contributed by atoms with E-state index in [9.17, 15) is 0 Å². The molecule has 4 nitrogen and oxygen atoms in total. The number of benzene rings is 1. The fourth-order valence-electron chi connectivity index (χ4n) is 1.08. The molecule has 1 aromatic rings. The maximum absolute atomic E-state index is 8.10. The quantitative estimate of drug-likeness (QED) is 0.429. The molecular formula is C9H10ClN3O. The van der Waals surface area contributed by atoms with E-state index < -0.39 is 0 Å². The van der Waals surface area contributed by atoms with E-state index in [0.29, 0.717) is 23.7 Å². The Morgan fingerprint density at radius 1 is 1.57 bits per heavy atom. The van der Waals surface area contributed by atoms with Gasteiger partial charge in [0.2, 0.25) is 0 Å². The van der Waals surface area contributed by atoms with Crippen molar-refractivity contribution in [1.82, 2.24) is 0 Å². The fraction of sp³-hybridized carbons (Fsp3) is 0.333. The lowest BCUT2D eigenvalue weighted by Gasteiger charge is -2.04. The summed E-state index contributed by atoms with van der Waals surface area (Å²) in [5.41, 5.74) is 9.14. The van der Waals surface area contributed by atoms with Gasteiger partial charge in [-0.1, -0.05) is 22.8 Å². The Bertz CT molecular complexity index is 361. The first-order valence-electron chi connectivity index (χ1n) is 4.11. The monoisotopic (exact) mass is 211 g/mol. The number of hydrogen-bond donors (Lipinski definition) is 0. The second-order valence-electron chi connectivity index (χ2n) is 2.67. The second-order valence-corrected chi connectivity index (χ2v) is 3.08. The molecule has 0 aliphatic rings. The lowest BCUT2D eigenvalue weighted by molar-refractivity contribution is 0.414. The van der Waals surface area contributed by atoms with Gasteiger partial charge in [-0.15, -0.1) is 0 Å². The topological polar surface area (TPSA) is 58.0 Å². The molecule has 0 radical (unpaired) electrons. The molecule has 0 spiro atoms. The van der Waals surface area contributed by atoms with Crippen LogP contribution >= 0.6 is 11.6 Å². The van der Waals surface area contributed by atoms with E-state index in [1.165, 1.54) is 0 Å². The van der Waals surface area contributed by atoms with Crippen LogP contribution in [0.15, 0.2) is 23.3 Å². The van der Waals surface area contributed by atoms with Crippen LogP contribution in [0.2, 0.25) is 5.02 Å². The molecule has 14 heavy (non-hydrogen) atoms. The number of hydrogen-bond acceptors (Lipinski definition) is 2. The Balaban J connectivity index is 2.73. The van der Waals surface area contributed by atoms with E-state index in [1.807, 2.05) is 12.1 Å². The molecule has 0 saturated heterocycles. The first kappa shape index (κ1) is 10.7. The van der Waals surface area contributed by atoms with Gasteiger partial charge in [-0.25, -0.2) is 0 Å². The van der Waals surface area contributed by atoms with Gasteiger partial charge in [-0.2, -0.15) is 0 Å². The predicted molar refractivity (Wildman–Crippen MR) is 55.7 cm³/mol. The second kappa shape index (κ2) is 5.37. The summed E-state index contributed by atoms with van der Waals surface area (Å²) in [5, 5.41) is 4.04. The van der Waals surface area contributed by atoms with Crippen LogP contribution in [-0.2, 0) is 6.42 Å². The summed E-state index contributed by atoms with van der Waals surface area (Å²) in [4.78, 5) is 2.68. The van der Waals surface area contributed by atoms with Gasteiger partial charge in [-0.3, -0.25) is 0 Å². The van der Waals surface area contributed by atoms with Crippen molar-refractivity contribution in [3.8, 4) is 5.75 Å². The first-order chi connectivity index (χ1) is 6.77. The number of ether oxygens (including phenoxy) is 1. The Hall–Kier alpha value is -1.38. The summed E-state index contributed by atoms with van der Waals surface area (Å²) < 4.78 is 5.06. The van der Waals surface area contributed by atoms with E-state index >= 15 is 0 Å². The molecule has 74 valence electrons. The summed E-state index contributed by atoms with van der Waals surface area (Å²) in [5.74, 6) is 0.644. The van der Waals surface area contributed by atoms with Crippen LogP contribution in [0.25, 0.3) is 10.4 Å². The molecule has 0 fully saturated rings. The zero-order valence-electron chi connectivity index (χ0n) is 7.77. The lowest BCUT2D eigenvalue weighted by Crippen LogP contribution is -1.91. The minimum atomic E-state index is 0.446. The first-order valence-corrected chi connectivity index (χ1v) is 4.49. The van der Waals surface area contributed by atoms with Crippen molar-refractivity contribution in [1.29, 1.82) is 0 Å². The normalized spacial score (nSPS) is 9.29. The molecule has 0 heterocycles. The van der Waals surface area contributed by atoms with Gasteiger partial charge in [0.15, 0.2) is 0 Å². The van der Waals surface area contributed by atoms with Crippen LogP contribution in [0.5, 0.6) is 5.75 Å². The zero-order valence-corrected chi connectivity index (χ0v) is 8.53. The SMILES string of the molecule is COc1cc(CCN=[N+]=[N-])ccc1Cl. The Kier molecular flexibility index (Phi) is 4.11. The van der Waals surface area contributed by atoms with Gasteiger partial charge in [0, 0.05) is 11.5 Å². The maximum Gasteiger partial charge on any atom is 0.137 e.